The highest BCUT2D eigenvalue weighted by atomic mass is 16.5. The van der Waals surface area contributed by atoms with Crippen LogP contribution in [0.2, 0.25) is 0 Å². The third-order valence-corrected chi connectivity index (χ3v) is 1.96. The fourth-order valence-corrected chi connectivity index (χ4v) is 1.04. The molecule has 0 unspecified atom stereocenters. The summed E-state index contributed by atoms with van der Waals surface area (Å²) in [4.78, 5) is 22.7. The van der Waals surface area contributed by atoms with Crippen molar-refractivity contribution in [2.75, 3.05) is 20.7 Å². The van der Waals surface area contributed by atoms with E-state index >= 15 is 0 Å². The van der Waals surface area contributed by atoms with Gasteiger partial charge in [-0.1, -0.05) is 0 Å². The van der Waals surface area contributed by atoms with Crippen LogP contribution in [0.25, 0.3) is 0 Å². The van der Waals surface area contributed by atoms with Crippen molar-refractivity contribution < 1.29 is 14.3 Å². The molecular formula is C10H18N2O3. The first-order valence-corrected chi connectivity index (χ1v) is 4.82. The predicted molar refractivity (Wildman–Crippen MR) is 57.1 cm³/mol. The molecule has 5 nitrogen and oxygen atoms in total. The van der Waals surface area contributed by atoms with Crippen LogP contribution in [0.1, 0.15) is 20.3 Å². The van der Waals surface area contributed by atoms with Gasteiger partial charge in [0.2, 0.25) is 5.91 Å². The van der Waals surface area contributed by atoms with Gasteiger partial charge in [0.15, 0.2) is 0 Å². The standard InChI is InChI=1S/C10H18N2O3/c1-5-15-9(13)6-8(7(2)11-3)10(14)12-4/h11H,5-6H2,1-4H3,(H,12,14)/b8-7-. The van der Waals surface area contributed by atoms with Gasteiger partial charge in [-0.3, -0.25) is 9.59 Å². The maximum atomic E-state index is 11.4. The number of allylic oxidation sites excluding steroid dienone is 1. The molecule has 5 heteroatoms. The topological polar surface area (TPSA) is 67.4 Å². The van der Waals surface area contributed by atoms with Crippen LogP contribution in [-0.4, -0.2) is 32.6 Å². The molecular weight excluding hydrogens is 196 g/mol. The summed E-state index contributed by atoms with van der Waals surface area (Å²) in [5, 5.41) is 5.32. The van der Waals surface area contributed by atoms with Crippen LogP contribution in [-0.2, 0) is 14.3 Å². The molecule has 15 heavy (non-hydrogen) atoms. The van der Waals surface area contributed by atoms with Gasteiger partial charge in [0.25, 0.3) is 0 Å². The molecule has 0 radical (unpaired) electrons. The second-order valence-corrected chi connectivity index (χ2v) is 2.91. The summed E-state index contributed by atoms with van der Waals surface area (Å²) in [6, 6.07) is 0. The van der Waals surface area contributed by atoms with E-state index in [2.05, 4.69) is 10.6 Å². The Morgan fingerprint density at radius 2 is 1.80 bits per heavy atom. The van der Waals surface area contributed by atoms with Gasteiger partial charge in [-0.05, 0) is 13.8 Å². The lowest BCUT2D eigenvalue weighted by atomic mass is 10.1. The highest BCUT2D eigenvalue weighted by Gasteiger charge is 2.15. The van der Waals surface area contributed by atoms with Gasteiger partial charge in [-0.15, -0.1) is 0 Å². The van der Waals surface area contributed by atoms with Gasteiger partial charge in [-0.2, -0.15) is 0 Å². The number of esters is 1. The van der Waals surface area contributed by atoms with E-state index in [9.17, 15) is 9.59 Å². The molecule has 2 N–H and O–H groups in total. The molecule has 0 bridgehead atoms. The maximum absolute atomic E-state index is 11.4. The van der Waals surface area contributed by atoms with Gasteiger partial charge in [0.05, 0.1) is 13.0 Å². The van der Waals surface area contributed by atoms with E-state index < -0.39 is 5.97 Å². The zero-order valence-electron chi connectivity index (χ0n) is 9.64. The molecule has 0 saturated heterocycles. The van der Waals surface area contributed by atoms with Crippen LogP contribution < -0.4 is 10.6 Å². The van der Waals surface area contributed by atoms with Crippen LogP contribution >= 0.6 is 0 Å². The van der Waals surface area contributed by atoms with E-state index in [1.807, 2.05) is 0 Å². The number of carbonyl (C=O) groups is 2. The summed E-state index contributed by atoms with van der Waals surface area (Å²) in [5.74, 6) is -0.666. The van der Waals surface area contributed by atoms with Crippen LogP contribution in [0.3, 0.4) is 0 Å². The van der Waals surface area contributed by atoms with E-state index in [0.29, 0.717) is 17.9 Å². The fourth-order valence-electron chi connectivity index (χ4n) is 1.04. The molecule has 86 valence electrons. The van der Waals surface area contributed by atoms with Gasteiger partial charge in [0.1, 0.15) is 0 Å². The molecule has 0 heterocycles. The minimum absolute atomic E-state index is 0.0137. The summed E-state index contributed by atoms with van der Waals surface area (Å²) in [6.45, 7) is 3.79. The van der Waals surface area contributed by atoms with Crippen molar-refractivity contribution in [1.29, 1.82) is 0 Å². The molecule has 0 fully saturated rings. The Morgan fingerprint density at radius 3 is 2.20 bits per heavy atom. The molecule has 0 aromatic rings. The van der Waals surface area contributed by atoms with E-state index in [1.54, 1.807) is 20.9 Å². The third kappa shape index (κ3) is 4.49. The van der Waals surface area contributed by atoms with Crippen molar-refractivity contribution in [3.63, 3.8) is 0 Å². The van der Waals surface area contributed by atoms with Crippen LogP contribution in [0.15, 0.2) is 11.3 Å². The first kappa shape index (κ1) is 13.5. The van der Waals surface area contributed by atoms with Crippen molar-refractivity contribution >= 4 is 11.9 Å². The molecule has 0 aromatic heterocycles. The summed E-state index contributed by atoms with van der Waals surface area (Å²) in [7, 11) is 3.22. The quantitative estimate of drug-likeness (QED) is 0.506. The van der Waals surface area contributed by atoms with E-state index in [1.165, 1.54) is 7.05 Å². The van der Waals surface area contributed by atoms with Gasteiger partial charge < -0.3 is 15.4 Å². The lowest BCUT2D eigenvalue weighted by molar-refractivity contribution is -0.142. The first-order chi connectivity index (χ1) is 7.06. The summed E-state index contributed by atoms with van der Waals surface area (Å²) >= 11 is 0. The van der Waals surface area contributed by atoms with Gasteiger partial charge in [0, 0.05) is 25.4 Å². The number of carbonyl (C=O) groups excluding carboxylic acids is 2. The first-order valence-electron chi connectivity index (χ1n) is 4.82. The van der Waals surface area contributed by atoms with Crippen LogP contribution in [0.5, 0.6) is 0 Å². The van der Waals surface area contributed by atoms with Crippen molar-refractivity contribution in [3.8, 4) is 0 Å². The fraction of sp³-hybridized carbons (Fsp3) is 0.600. The zero-order chi connectivity index (χ0) is 11.8. The molecule has 0 atom stereocenters. The molecule has 0 aliphatic heterocycles. The minimum Gasteiger partial charge on any atom is -0.466 e. The highest BCUT2D eigenvalue weighted by Crippen LogP contribution is 2.07. The number of rotatable bonds is 5. The average molecular weight is 214 g/mol. The minimum atomic E-state index is -0.397. The monoisotopic (exact) mass is 214 g/mol. The number of nitrogens with one attached hydrogen (secondary N) is 2. The predicted octanol–water partition coefficient (Wildman–Crippen LogP) is 0.179. The Bertz CT molecular complexity index is 272. The normalized spacial score (nSPS) is 11.5. The molecule has 0 rings (SSSR count). The van der Waals surface area contributed by atoms with E-state index in [0.717, 1.165) is 0 Å². The maximum Gasteiger partial charge on any atom is 0.310 e. The second kappa shape index (κ2) is 6.86. The molecule has 0 spiro atoms. The number of hydrogen-bond donors (Lipinski definition) is 2. The molecule has 0 aliphatic carbocycles. The average Bonchev–Trinajstić information content (AvgIpc) is 2.24. The SMILES string of the molecule is CCOC(=O)C/C(C(=O)NC)=C(\C)NC. The largest absolute Gasteiger partial charge is 0.466 e. The van der Waals surface area contributed by atoms with Crippen molar-refractivity contribution in [2.45, 2.75) is 20.3 Å². The van der Waals surface area contributed by atoms with Crippen molar-refractivity contribution in [1.82, 2.24) is 10.6 Å². The van der Waals surface area contributed by atoms with Crippen LogP contribution in [0, 0.1) is 0 Å². The number of ether oxygens (including phenoxy) is 1. The van der Waals surface area contributed by atoms with Crippen LogP contribution in [0.4, 0.5) is 0 Å². The number of amides is 1. The number of likely N-dealkylation sites (N-methyl/N-ethyl adjacent to an activating group) is 1. The Hall–Kier alpha value is -1.52. The van der Waals surface area contributed by atoms with E-state index in [4.69, 9.17) is 4.74 Å². The molecule has 0 aliphatic rings. The lowest BCUT2D eigenvalue weighted by Crippen LogP contribution is -2.25. The smallest absolute Gasteiger partial charge is 0.310 e. The summed E-state index contributed by atoms with van der Waals surface area (Å²) < 4.78 is 4.78. The summed E-state index contributed by atoms with van der Waals surface area (Å²) in [6.07, 6.45) is -0.0137. The Kier molecular flexibility index (Phi) is 6.17. The highest BCUT2D eigenvalue weighted by molar-refractivity contribution is 5.98. The Labute approximate surface area is 89.9 Å². The van der Waals surface area contributed by atoms with Crippen molar-refractivity contribution in [2.24, 2.45) is 0 Å². The number of hydrogen-bond acceptors (Lipinski definition) is 4. The molecule has 1 amide bonds. The molecule has 0 aromatic carbocycles. The van der Waals surface area contributed by atoms with Gasteiger partial charge in [-0.25, -0.2) is 0 Å². The Balaban J connectivity index is 4.67. The van der Waals surface area contributed by atoms with Gasteiger partial charge >= 0.3 is 5.97 Å². The molecule has 0 saturated carbocycles. The Morgan fingerprint density at radius 1 is 1.20 bits per heavy atom. The second-order valence-electron chi connectivity index (χ2n) is 2.91. The summed E-state index contributed by atoms with van der Waals surface area (Å²) in [5.41, 5.74) is 1.07. The van der Waals surface area contributed by atoms with E-state index in [-0.39, 0.29) is 12.3 Å². The van der Waals surface area contributed by atoms with Crippen molar-refractivity contribution in [3.05, 3.63) is 11.3 Å². The third-order valence-electron chi connectivity index (χ3n) is 1.96. The lowest BCUT2D eigenvalue weighted by Gasteiger charge is -2.10. The zero-order valence-corrected chi connectivity index (χ0v) is 9.64.